The Morgan fingerprint density at radius 2 is 1.59 bits per heavy atom. The summed E-state index contributed by atoms with van der Waals surface area (Å²) in [6.07, 6.45) is 1.32. The Hall–Kier alpha value is -3.41. The lowest BCUT2D eigenvalue weighted by Gasteiger charge is -2.31. The van der Waals surface area contributed by atoms with Gasteiger partial charge in [-0.25, -0.2) is 4.68 Å². The van der Waals surface area contributed by atoms with E-state index in [1.807, 2.05) is 66.8 Å². The van der Waals surface area contributed by atoms with Crippen molar-refractivity contribution in [1.82, 2.24) is 14.7 Å². The monoisotopic (exact) mass is 430 g/mol. The molecule has 166 valence electrons. The highest BCUT2D eigenvalue weighted by atomic mass is 16.2. The van der Waals surface area contributed by atoms with Crippen molar-refractivity contribution in [3.63, 3.8) is 0 Å². The maximum absolute atomic E-state index is 13.0. The molecule has 1 aliphatic rings. The van der Waals surface area contributed by atoms with Crippen LogP contribution < -0.4 is 5.32 Å². The Kier molecular flexibility index (Phi) is 6.12. The SMILES string of the molecule is Cc1ccc(-n2nc(C)c(NC(=O)C3CCN(C(=O)c4ccccc4C)CC3)c2C)cc1. The second-order valence-corrected chi connectivity index (χ2v) is 8.66. The van der Waals surface area contributed by atoms with Gasteiger partial charge in [0.2, 0.25) is 5.91 Å². The number of nitrogens with zero attached hydrogens (tertiary/aromatic N) is 3. The number of amides is 2. The molecular weight excluding hydrogens is 400 g/mol. The van der Waals surface area contributed by atoms with E-state index in [1.165, 1.54) is 5.56 Å². The van der Waals surface area contributed by atoms with Crippen molar-refractivity contribution in [2.75, 3.05) is 18.4 Å². The van der Waals surface area contributed by atoms with Crippen LogP contribution in [-0.2, 0) is 4.79 Å². The predicted octanol–water partition coefficient (Wildman–Crippen LogP) is 4.60. The summed E-state index contributed by atoms with van der Waals surface area (Å²) in [7, 11) is 0. The van der Waals surface area contributed by atoms with Gasteiger partial charge in [-0.05, 0) is 64.3 Å². The van der Waals surface area contributed by atoms with Gasteiger partial charge in [0.1, 0.15) is 0 Å². The third kappa shape index (κ3) is 4.31. The molecule has 4 rings (SSSR count). The molecule has 1 saturated heterocycles. The van der Waals surface area contributed by atoms with E-state index in [0.29, 0.717) is 25.9 Å². The van der Waals surface area contributed by atoms with E-state index in [9.17, 15) is 9.59 Å². The molecule has 1 N–H and O–H groups in total. The van der Waals surface area contributed by atoms with Crippen molar-refractivity contribution in [3.8, 4) is 5.69 Å². The van der Waals surface area contributed by atoms with Crippen LogP contribution in [0.3, 0.4) is 0 Å². The van der Waals surface area contributed by atoms with E-state index >= 15 is 0 Å². The third-order valence-electron chi connectivity index (χ3n) is 6.35. The predicted molar refractivity (Wildman–Crippen MR) is 126 cm³/mol. The van der Waals surface area contributed by atoms with Crippen LogP contribution in [0.2, 0.25) is 0 Å². The highest BCUT2D eigenvalue weighted by Crippen LogP contribution is 2.26. The number of benzene rings is 2. The van der Waals surface area contributed by atoms with Crippen LogP contribution in [0.4, 0.5) is 5.69 Å². The summed E-state index contributed by atoms with van der Waals surface area (Å²) in [6.45, 7) is 9.07. The average Bonchev–Trinajstić information content (AvgIpc) is 3.08. The van der Waals surface area contributed by atoms with Gasteiger partial charge in [0.15, 0.2) is 0 Å². The van der Waals surface area contributed by atoms with Gasteiger partial charge < -0.3 is 10.2 Å². The first-order valence-corrected chi connectivity index (χ1v) is 11.1. The molecule has 0 spiro atoms. The van der Waals surface area contributed by atoms with Crippen molar-refractivity contribution in [2.24, 2.45) is 5.92 Å². The van der Waals surface area contributed by atoms with Crippen molar-refractivity contribution in [1.29, 1.82) is 0 Å². The summed E-state index contributed by atoms with van der Waals surface area (Å²) in [5.41, 5.74) is 6.36. The minimum absolute atomic E-state index is 0.00245. The first kappa shape index (κ1) is 21.8. The Morgan fingerprint density at radius 1 is 0.938 bits per heavy atom. The largest absolute Gasteiger partial charge is 0.339 e. The van der Waals surface area contributed by atoms with Crippen molar-refractivity contribution >= 4 is 17.5 Å². The maximum atomic E-state index is 13.0. The fourth-order valence-corrected chi connectivity index (χ4v) is 4.31. The number of hydrogen-bond acceptors (Lipinski definition) is 3. The second kappa shape index (κ2) is 8.99. The number of piperidine rings is 1. The fourth-order valence-electron chi connectivity index (χ4n) is 4.31. The van der Waals surface area contributed by atoms with E-state index in [2.05, 4.69) is 29.5 Å². The molecule has 0 saturated carbocycles. The van der Waals surface area contributed by atoms with Crippen LogP contribution in [-0.4, -0.2) is 39.6 Å². The summed E-state index contributed by atoms with van der Waals surface area (Å²) in [5, 5.41) is 7.74. The first-order valence-electron chi connectivity index (χ1n) is 11.1. The Morgan fingerprint density at radius 3 is 2.25 bits per heavy atom. The molecule has 0 atom stereocenters. The summed E-state index contributed by atoms with van der Waals surface area (Å²) < 4.78 is 1.87. The van der Waals surface area contributed by atoms with Gasteiger partial charge in [-0.2, -0.15) is 5.10 Å². The molecule has 6 heteroatoms. The molecule has 1 aromatic heterocycles. The number of carbonyl (C=O) groups excluding carboxylic acids is 2. The summed E-state index contributed by atoms with van der Waals surface area (Å²) in [6, 6.07) is 15.8. The molecule has 0 radical (unpaired) electrons. The van der Waals surface area contributed by atoms with Gasteiger partial charge >= 0.3 is 0 Å². The Bertz CT molecular complexity index is 1140. The number of aryl methyl sites for hydroxylation is 3. The quantitative estimate of drug-likeness (QED) is 0.658. The van der Waals surface area contributed by atoms with Gasteiger partial charge in [0.25, 0.3) is 5.91 Å². The van der Waals surface area contributed by atoms with Gasteiger partial charge in [-0.15, -0.1) is 0 Å². The van der Waals surface area contributed by atoms with E-state index in [0.717, 1.165) is 33.9 Å². The number of aromatic nitrogens is 2. The molecular formula is C26H30N4O2. The van der Waals surface area contributed by atoms with Gasteiger partial charge in [-0.1, -0.05) is 35.9 Å². The smallest absolute Gasteiger partial charge is 0.254 e. The molecule has 2 heterocycles. The second-order valence-electron chi connectivity index (χ2n) is 8.66. The zero-order valence-electron chi connectivity index (χ0n) is 19.2. The lowest BCUT2D eigenvalue weighted by atomic mass is 9.95. The van der Waals surface area contributed by atoms with E-state index < -0.39 is 0 Å². The van der Waals surface area contributed by atoms with Crippen LogP contribution in [0, 0.1) is 33.6 Å². The number of hydrogen-bond donors (Lipinski definition) is 1. The summed E-state index contributed by atoms with van der Waals surface area (Å²) in [4.78, 5) is 27.7. The molecule has 0 bridgehead atoms. The molecule has 2 amide bonds. The lowest BCUT2D eigenvalue weighted by Crippen LogP contribution is -2.41. The van der Waals surface area contributed by atoms with Crippen LogP contribution in [0.25, 0.3) is 5.69 Å². The molecule has 3 aromatic rings. The van der Waals surface area contributed by atoms with Crippen molar-refractivity contribution in [2.45, 2.75) is 40.5 Å². The summed E-state index contributed by atoms with van der Waals surface area (Å²) in [5.74, 6) is -0.0619. The highest BCUT2D eigenvalue weighted by Gasteiger charge is 2.29. The molecule has 1 aliphatic heterocycles. The van der Waals surface area contributed by atoms with E-state index in [1.54, 1.807) is 0 Å². The topological polar surface area (TPSA) is 67.2 Å². The van der Waals surface area contributed by atoms with Gasteiger partial charge in [0.05, 0.1) is 22.8 Å². The fraction of sp³-hybridized carbons (Fsp3) is 0.346. The van der Waals surface area contributed by atoms with Crippen molar-refractivity contribution < 1.29 is 9.59 Å². The van der Waals surface area contributed by atoms with Crippen LogP contribution in [0.1, 0.15) is 45.7 Å². The molecule has 6 nitrogen and oxygen atoms in total. The Balaban J connectivity index is 1.41. The van der Waals surface area contributed by atoms with Crippen LogP contribution in [0.5, 0.6) is 0 Å². The number of anilines is 1. The van der Waals surface area contributed by atoms with Crippen LogP contribution in [0.15, 0.2) is 48.5 Å². The standard InChI is InChI=1S/C26H30N4O2/c1-17-9-11-22(12-10-17)30-20(4)24(19(3)28-30)27-25(31)21-13-15-29(16-14-21)26(32)23-8-6-5-7-18(23)2/h5-12,21H,13-16H2,1-4H3,(H,27,31). The van der Waals surface area contributed by atoms with Crippen molar-refractivity contribution in [3.05, 3.63) is 76.6 Å². The molecule has 0 aliphatic carbocycles. The van der Waals surface area contributed by atoms with E-state index in [-0.39, 0.29) is 17.7 Å². The minimum atomic E-state index is -0.113. The molecule has 1 fully saturated rings. The number of rotatable bonds is 4. The zero-order chi connectivity index (χ0) is 22.8. The molecule has 32 heavy (non-hydrogen) atoms. The minimum Gasteiger partial charge on any atom is -0.339 e. The maximum Gasteiger partial charge on any atom is 0.254 e. The number of likely N-dealkylation sites (tertiary alicyclic amines) is 1. The number of carbonyl (C=O) groups is 2. The molecule has 2 aromatic carbocycles. The Labute approximate surface area is 189 Å². The van der Waals surface area contributed by atoms with E-state index in [4.69, 9.17) is 0 Å². The average molecular weight is 431 g/mol. The molecule has 0 unspecified atom stereocenters. The zero-order valence-corrected chi connectivity index (χ0v) is 19.2. The third-order valence-corrected chi connectivity index (χ3v) is 6.35. The normalized spacial score (nSPS) is 14.4. The first-order chi connectivity index (χ1) is 15.3. The van der Waals surface area contributed by atoms with Crippen LogP contribution >= 0.6 is 0 Å². The van der Waals surface area contributed by atoms with Gasteiger partial charge in [-0.3, -0.25) is 9.59 Å². The number of nitrogens with one attached hydrogen (secondary N) is 1. The summed E-state index contributed by atoms with van der Waals surface area (Å²) >= 11 is 0. The lowest BCUT2D eigenvalue weighted by molar-refractivity contribution is -0.121. The highest BCUT2D eigenvalue weighted by molar-refractivity contribution is 5.96. The van der Waals surface area contributed by atoms with Gasteiger partial charge in [0, 0.05) is 24.6 Å².